The molecule has 1 aliphatic rings. The van der Waals surface area contributed by atoms with Crippen LogP contribution in [0.1, 0.15) is 28.2 Å². The minimum Gasteiger partial charge on any atom is -0.355 e. The lowest BCUT2D eigenvalue weighted by molar-refractivity contribution is -0.118. The summed E-state index contributed by atoms with van der Waals surface area (Å²) in [5.74, 6) is -0.945. The molecule has 0 fully saturated rings. The number of hydrogen-bond donors (Lipinski definition) is 1. The van der Waals surface area contributed by atoms with Crippen molar-refractivity contribution < 1.29 is 13.2 Å². The van der Waals surface area contributed by atoms with E-state index in [-0.39, 0.29) is 11.7 Å². The number of nitrogens with one attached hydrogen (secondary N) is 1. The molecular formula is C19H18N2O3S. The van der Waals surface area contributed by atoms with E-state index in [4.69, 9.17) is 5.26 Å². The van der Waals surface area contributed by atoms with Crippen LogP contribution >= 0.6 is 0 Å². The number of nitriles is 1. The van der Waals surface area contributed by atoms with Gasteiger partial charge in [0.05, 0.1) is 17.4 Å². The van der Waals surface area contributed by atoms with Crippen LogP contribution < -0.4 is 5.32 Å². The molecule has 5 nitrogen and oxygen atoms in total. The number of hydrogen-bond acceptors (Lipinski definition) is 4. The summed E-state index contributed by atoms with van der Waals surface area (Å²) in [6, 6.07) is 16.4. The summed E-state index contributed by atoms with van der Waals surface area (Å²) in [6.07, 6.45) is 0.911. The quantitative estimate of drug-likeness (QED) is 0.859. The number of nitrogens with zero attached hydrogens (tertiary/aromatic N) is 1. The highest BCUT2D eigenvalue weighted by Crippen LogP contribution is 2.33. The van der Waals surface area contributed by atoms with Crippen molar-refractivity contribution >= 4 is 15.7 Å². The first kappa shape index (κ1) is 17.2. The molecule has 128 valence electrons. The molecule has 0 saturated carbocycles. The lowest BCUT2D eigenvalue weighted by atomic mass is 9.77. The van der Waals surface area contributed by atoms with E-state index in [2.05, 4.69) is 11.4 Å². The minimum atomic E-state index is -3.55. The molecule has 0 aromatic heterocycles. The molecule has 3 rings (SSSR count). The first-order valence-electron chi connectivity index (χ1n) is 8.01. The fraction of sp³-hybridized carbons (Fsp3) is 0.263. The highest BCUT2D eigenvalue weighted by molar-refractivity contribution is 7.91. The summed E-state index contributed by atoms with van der Waals surface area (Å²) >= 11 is 0. The summed E-state index contributed by atoms with van der Waals surface area (Å²) in [5, 5.41) is 11.5. The molecule has 0 heterocycles. The van der Waals surface area contributed by atoms with Crippen molar-refractivity contribution in [2.75, 3.05) is 12.3 Å². The highest BCUT2D eigenvalue weighted by atomic mass is 32.2. The van der Waals surface area contributed by atoms with Crippen LogP contribution in [0.25, 0.3) is 0 Å². The number of sulfone groups is 1. The molecule has 0 aliphatic heterocycles. The molecule has 1 unspecified atom stereocenters. The maximum atomic E-state index is 12.2. The number of fused-ring (bicyclic) bond motifs is 1. The van der Waals surface area contributed by atoms with Gasteiger partial charge in [-0.05, 0) is 35.2 Å². The standard InChI is InChI=1S/C19H18N2O3S/c20-10-14-5-7-15(8-6-14)12-25(23,24)13-19(22)21-11-17-9-16-3-1-2-4-18(16)17/h1-8,17H,9,11-13H2,(H,21,22). The van der Waals surface area contributed by atoms with E-state index in [1.807, 2.05) is 24.3 Å². The van der Waals surface area contributed by atoms with E-state index in [1.54, 1.807) is 24.3 Å². The molecule has 1 amide bonds. The van der Waals surface area contributed by atoms with Crippen LogP contribution in [0.5, 0.6) is 0 Å². The van der Waals surface area contributed by atoms with E-state index in [1.165, 1.54) is 11.1 Å². The zero-order chi connectivity index (χ0) is 17.9. The second kappa shape index (κ2) is 7.08. The maximum absolute atomic E-state index is 12.2. The fourth-order valence-electron chi connectivity index (χ4n) is 3.01. The Kier molecular flexibility index (Phi) is 4.86. The predicted octanol–water partition coefficient (Wildman–Crippen LogP) is 1.93. The number of carbonyl (C=O) groups excluding carboxylic acids is 1. The van der Waals surface area contributed by atoms with Gasteiger partial charge in [-0.2, -0.15) is 5.26 Å². The Hall–Kier alpha value is -2.65. The Labute approximate surface area is 147 Å². The SMILES string of the molecule is N#Cc1ccc(CS(=O)(=O)CC(=O)NCC2Cc3ccccc32)cc1. The fourth-order valence-corrected chi connectivity index (χ4v) is 4.32. The van der Waals surface area contributed by atoms with Gasteiger partial charge >= 0.3 is 0 Å². The van der Waals surface area contributed by atoms with Gasteiger partial charge in [0.25, 0.3) is 0 Å². The van der Waals surface area contributed by atoms with Crippen LogP contribution in [0.15, 0.2) is 48.5 Å². The third kappa shape index (κ3) is 4.25. The molecule has 0 bridgehead atoms. The summed E-state index contributed by atoms with van der Waals surface area (Å²) < 4.78 is 24.3. The molecule has 2 aromatic rings. The largest absolute Gasteiger partial charge is 0.355 e. The maximum Gasteiger partial charge on any atom is 0.235 e. The first-order valence-corrected chi connectivity index (χ1v) is 9.83. The van der Waals surface area contributed by atoms with Crippen molar-refractivity contribution in [2.24, 2.45) is 0 Å². The summed E-state index contributed by atoms with van der Waals surface area (Å²) in [7, 11) is -3.55. The summed E-state index contributed by atoms with van der Waals surface area (Å²) in [6.45, 7) is 0.461. The smallest absolute Gasteiger partial charge is 0.235 e. The molecule has 1 atom stereocenters. The van der Waals surface area contributed by atoms with E-state index in [9.17, 15) is 13.2 Å². The van der Waals surface area contributed by atoms with Crippen molar-refractivity contribution in [1.82, 2.24) is 5.32 Å². The Bertz CT molecular complexity index is 928. The lowest BCUT2D eigenvalue weighted by Crippen LogP contribution is -2.36. The van der Waals surface area contributed by atoms with Gasteiger partial charge in [-0.1, -0.05) is 36.4 Å². The first-order chi connectivity index (χ1) is 12.0. The molecule has 25 heavy (non-hydrogen) atoms. The second-order valence-corrected chi connectivity index (χ2v) is 8.31. The molecule has 1 aliphatic carbocycles. The molecule has 0 spiro atoms. The van der Waals surface area contributed by atoms with E-state index in [0.29, 0.717) is 17.7 Å². The molecule has 0 saturated heterocycles. The molecule has 6 heteroatoms. The van der Waals surface area contributed by atoms with Gasteiger partial charge in [-0.3, -0.25) is 4.79 Å². The monoisotopic (exact) mass is 354 g/mol. The van der Waals surface area contributed by atoms with Crippen molar-refractivity contribution in [2.45, 2.75) is 18.1 Å². The predicted molar refractivity (Wildman–Crippen MR) is 94.5 cm³/mol. The molecular weight excluding hydrogens is 336 g/mol. The normalized spacial score (nSPS) is 15.6. The van der Waals surface area contributed by atoms with Crippen LogP contribution in [-0.4, -0.2) is 26.6 Å². The van der Waals surface area contributed by atoms with Gasteiger partial charge in [0.1, 0.15) is 5.75 Å². The van der Waals surface area contributed by atoms with Crippen LogP contribution in [0.3, 0.4) is 0 Å². The number of rotatable bonds is 6. The average Bonchev–Trinajstić information content (AvgIpc) is 2.55. The van der Waals surface area contributed by atoms with E-state index < -0.39 is 21.5 Å². The van der Waals surface area contributed by atoms with Gasteiger partial charge in [0, 0.05) is 12.5 Å². The van der Waals surface area contributed by atoms with Crippen LogP contribution in [0.2, 0.25) is 0 Å². The van der Waals surface area contributed by atoms with Gasteiger partial charge in [0.15, 0.2) is 9.84 Å². The van der Waals surface area contributed by atoms with E-state index in [0.717, 1.165) is 6.42 Å². The highest BCUT2D eigenvalue weighted by Gasteiger charge is 2.26. The third-order valence-electron chi connectivity index (χ3n) is 4.33. The Morgan fingerprint density at radius 3 is 2.56 bits per heavy atom. The van der Waals surface area contributed by atoms with Crippen molar-refractivity contribution in [1.29, 1.82) is 5.26 Å². The molecule has 0 radical (unpaired) electrons. The number of carbonyl (C=O) groups is 1. The molecule has 2 aromatic carbocycles. The number of benzene rings is 2. The van der Waals surface area contributed by atoms with Crippen molar-refractivity contribution in [3.05, 3.63) is 70.8 Å². The van der Waals surface area contributed by atoms with Gasteiger partial charge in [0.2, 0.25) is 5.91 Å². The zero-order valence-electron chi connectivity index (χ0n) is 13.6. The van der Waals surface area contributed by atoms with Crippen molar-refractivity contribution in [3.63, 3.8) is 0 Å². The Morgan fingerprint density at radius 2 is 1.88 bits per heavy atom. The van der Waals surface area contributed by atoms with Crippen LogP contribution in [0.4, 0.5) is 0 Å². The zero-order valence-corrected chi connectivity index (χ0v) is 14.4. The van der Waals surface area contributed by atoms with Gasteiger partial charge in [-0.25, -0.2) is 8.42 Å². The lowest BCUT2D eigenvalue weighted by Gasteiger charge is -2.30. The van der Waals surface area contributed by atoms with Crippen molar-refractivity contribution in [3.8, 4) is 6.07 Å². The molecule has 1 N–H and O–H groups in total. The number of amides is 1. The van der Waals surface area contributed by atoms with E-state index >= 15 is 0 Å². The van der Waals surface area contributed by atoms with Crippen LogP contribution in [0, 0.1) is 11.3 Å². The minimum absolute atomic E-state index is 0.210. The summed E-state index contributed by atoms with van der Waals surface area (Å²) in [4.78, 5) is 12.0. The van der Waals surface area contributed by atoms with Crippen LogP contribution in [-0.2, 0) is 26.8 Å². The summed E-state index contributed by atoms with van der Waals surface area (Å²) in [5.41, 5.74) is 3.55. The third-order valence-corrected chi connectivity index (χ3v) is 5.80. The average molecular weight is 354 g/mol. The Balaban J connectivity index is 1.51. The second-order valence-electron chi connectivity index (χ2n) is 6.24. The van der Waals surface area contributed by atoms with Gasteiger partial charge < -0.3 is 5.32 Å². The van der Waals surface area contributed by atoms with Gasteiger partial charge in [-0.15, -0.1) is 0 Å². The topological polar surface area (TPSA) is 87.0 Å². The Morgan fingerprint density at radius 1 is 1.16 bits per heavy atom.